The molecular formula is C53H61N5O9. The molecule has 14 heteroatoms. The molecule has 2 saturated heterocycles. The van der Waals surface area contributed by atoms with Crippen molar-refractivity contribution in [3.8, 4) is 11.5 Å². The fourth-order valence-electron chi connectivity index (χ4n) is 9.75. The fourth-order valence-corrected chi connectivity index (χ4v) is 9.75. The summed E-state index contributed by atoms with van der Waals surface area (Å²) < 4.78 is 27.0. The Hall–Kier alpha value is -6.38. The Morgan fingerprint density at radius 3 is 1.43 bits per heavy atom. The third-order valence-electron chi connectivity index (χ3n) is 12.9. The van der Waals surface area contributed by atoms with E-state index in [2.05, 4.69) is 48.1 Å². The van der Waals surface area contributed by atoms with Gasteiger partial charge in [0.2, 0.25) is 10.9 Å². The van der Waals surface area contributed by atoms with Crippen LogP contribution in [-0.4, -0.2) is 90.7 Å². The standard InChI is InChI=1S/C26H29N3O4.C20H18N2O4.C7H14O/c1-4-28-15-23(26(31)29-13-16(2)32-17(3)14-29)24(30)22-11-21(12-27-25(22)28)33-20-9-18-7-5-6-8-19(18)10-20;1-2-22-11-17(20(24)25)18(23)16-9-15(10-21-19(16)22)26-14-7-12-5-3-4-6-13(12)8-14;1-6-4-3-5-7(2)8-6/h5-8,11-12,15-17,20H,4,9-10,13-14H2,1-3H3;3-6,9-11,14H,2,7-8H2,1H3,(H,24,25);6-7H,3-5H2,1-2H3/t16-,17-;;6-,7-/m0.0/s1. The van der Waals surface area contributed by atoms with Gasteiger partial charge in [-0.3, -0.25) is 14.4 Å². The summed E-state index contributed by atoms with van der Waals surface area (Å²) >= 11 is 0. The monoisotopic (exact) mass is 911 g/mol. The third-order valence-corrected chi connectivity index (χ3v) is 12.9. The first-order valence-corrected chi connectivity index (χ1v) is 23.6. The second-order valence-corrected chi connectivity index (χ2v) is 18.2. The number of carbonyl (C=O) groups is 2. The van der Waals surface area contributed by atoms with Gasteiger partial charge in [0.05, 0.1) is 47.6 Å². The van der Waals surface area contributed by atoms with E-state index in [1.54, 1.807) is 40.2 Å². The molecule has 14 nitrogen and oxygen atoms in total. The number of amides is 1. The summed E-state index contributed by atoms with van der Waals surface area (Å²) in [5, 5.41) is 9.95. The van der Waals surface area contributed by atoms with Gasteiger partial charge in [-0.1, -0.05) is 48.5 Å². The Morgan fingerprint density at radius 1 is 0.642 bits per heavy atom. The maximum Gasteiger partial charge on any atom is 0.341 e. The number of pyridine rings is 4. The zero-order chi connectivity index (χ0) is 47.4. The lowest BCUT2D eigenvalue weighted by Gasteiger charge is -2.35. The highest BCUT2D eigenvalue weighted by Gasteiger charge is 2.30. The lowest BCUT2D eigenvalue weighted by Crippen LogP contribution is -2.49. The number of carboxylic acids is 1. The van der Waals surface area contributed by atoms with Crippen LogP contribution in [-0.2, 0) is 48.2 Å². The van der Waals surface area contributed by atoms with Crippen molar-refractivity contribution in [2.24, 2.45) is 0 Å². The van der Waals surface area contributed by atoms with Crippen molar-refractivity contribution >= 4 is 33.9 Å². The smallest absolute Gasteiger partial charge is 0.341 e. The molecule has 6 aromatic rings. The first kappa shape index (κ1) is 47.1. The molecule has 10 rings (SSSR count). The lowest BCUT2D eigenvalue weighted by molar-refractivity contribution is -0.0586. The Morgan fingerprint density at radius 2 is 1.04 bits per heavy atom. The van der Waals surface area contributed by atoms with Gasteiger partial charge in [0.15, 0.2) is 0 Å². The van der Waals surface area contributed by atoms with E-state index in [1.165, 1.54) is 47.7 Å². The highest BCUT2D eigenvalue weighted by Crippen LogP contribution is 2.29. The highest BCUT2D eigenvalue weighted by atomic mass is 16.5. The number of aromatic nitrogens is 4. The van der Waals surface area contributed by atoms with Crippen molar-refractivity contribution in [2.45, 2.75) is 136 Å². The largest absolute Gasteiger partial charge is 0.488 e. The van der Waals surface area contributed by atoms with E-state index in [-0.39, 0.29) is 52.3 Å². The van der Waals surface area contributed by atoms with Crippen molar-refractivity contribution in [2.75, 3.05) is 13.1 Å². The van der Waals surface area contributed by atoms with Crippen LogP contribution in [0.3, 0.4) is 0 Å². The lowest BCUT2D eigenvalue weighted by atomic mass is 10.1. The molecule has 67 heavy (non-hydrogen) atoms. The molecule has 2 aliphatic carbocycles. The Balaban J connectivity index is 0.000000159. The van der Waals surface area contributed by atoms with Crippen LogP contribution in [0.15, 0.2) is 95.0 Å². The molecular weight excluding hydrogens is 851 g/mol. The number of fused-ring (bicyclic) bond motifs is 4. The normalized spacial score (nSPS) is 20.3. The molecule has 6 heterocycles. The molecule has 4 aliphatic rings. The predicted molar refractivity (Wildman–Crippen MR) is 257 cm³/mol. The molecule has 352 valence electrons. The minimum atomic E-state index is -1.24. The van der Waals surface area contributed by atoms with Crippen molar-refractivity contribution in [1.82, 2.24) is 24.0 Å². The zero-order valence-corrected chi connectivity index (χ0v) is 39.3. The first-order valence-electron chi connectivity index (χ1n) is 23.6. The number of hydrogen-bond donors (Lipinski definition) is 1. The number of hydrogen-bond acceptors (Lipinski definition) is 10. The molecule has 0 saturated carbocycles. The molecule has 2 fully saturated rings. The van der Waals surface area contributed by atoms with E-state index in [9.17, 15) is 24.3 Å². The van der Waals surface area contributed by atoms with Crippen molar-refractivity contribution in [3.05, 3.63) is 139 Å². The highest BCUT2D eigenvalue weighted by molar-refractivity contribution is 5.97. The molecule has 4 atom stereocenters. The number of carboxylic acid groups (broad SMARTS) is 1. The Labute approximate surface area is 390 Å². The van der Waals surface area contributed by atoms with Crippen molar-refractivity contribution in [1.29, 1.82) is 0 Å². The number of carbonyl (C=O) groups excluding carboxylic acids is 1. The summed E-state index contributed by atoms with van der Waals surface area (Å²) in [6.07, 6.45) is 14.3. The van der Waals surface area contributed by atoms with E-state index in [0.717, 1.165) is 25.7 Å². The number of morpholine rings is 1. The molecule has 0 radical (unpaired) electrons. The number of aryl methyl sites for hydroxylation is 2. The van der Waals surface area contributed by atoms with Gasteiger partial charge < -0.3 is 38.1 Å². The van der Waals surface area contributed by atoms with Crippen LogP contribution in [0, 0.1) is 0 Å². The number of aromatic carboxylic acids is 1. The van der Waals surface area contributed by atoms with Gasteiger partial charge >= 0.3 is 5.97 Å². The van der Waals surface area contributed by atoms with Crippen LogP contribution >= 0.6 is 0 Å². The number of ether oxygens (including phenoxy) is 4. The number of benzene rings is 2. The third kappa shape index (κ3) is 10.8. The molecule has 0 bridgehead atoms. The zero-order valence-electron chi connectivity index (χ0n) is 39.3. The summed E-state index contributed by atoms with van der Waals surface area (Å²) in [7, 11) is 0. The average molecular weight is 912 g/mol. The van der Waals surface area contributed by atoms with Crippen LogP contribution in [0.5, 0.6) is 11.5 Å². The summed E-state index contributed by atoms with van der Waals surface area (Å²) in [4.78, 5) is 61.2. The Bertz CT molecular complexity index is 2830. The second-order valence-electron chi connectivity index (χ2n) is 18.2. The summed E-state index contributed by atoms with van der Waals surface area (Å²) in [6, 6.07) is 19.9. The maximum atomic E-state index is 13.4. The van der Waals surface area contributed by atoms with Crippen molar-refractivity contribution < 1.29 is 33.6 Å². The molecule has 0 unspecified atom stereocenters. The van der Waals surface area contributed by atoms with Gasteiger partial charge in [-0.2, -0.15) is 0 Å². The topological polar surface area (TPSA) is 164 Å². The molecule has 4 aromatic heterocycles. The molecule has 1 N–H and O–H groups in total. The minimum absolute atomic E-state index is 0.0104. The molecule has 1 amide bonds. The maximum absolute atomic E-state index is 13.4. The van der Waals surface area contributed by atoms with Crippen LogP contribution in [0.25, 0.3) is 22.1 Å². The van der Waals surface area contributed by atoms with Gasteiger partial charge in [0.1, 0.15) is 46.1 Å². The number of nitrogens with zero attached hydrogens (tertiary/aromatic N) is 5. The van der Waals surface area contributed by atoms with E-state index < -0.39 is 11.4 Å². The molecule has 2 aliphatic heterocycles. The first-order chi connectivity index (χ1) is 32.3. The van der Waals surface area contributed by atoms with Gasteiger partial charge in [0, 0.05) is 64.3 Å². The summed E-state index contributed by atoms with van der Waals surface area (Å²) in [5.74, 6) is -0.462. The molecule has 0 spiro atoms. The van der Waals surface area contributed by atoms with E-state index >= 15 is 0 Å². The van der Waals surface area contributed by atoms with Crippen LogP contribution < -0.4 is 20.3 Å². The van der Waals surface area contributed by atoms with Gasteiger partial charge in [-0.25, -0.2) is 14.8 Å². The second kappa shape index (κ2) is 20.6. The van der Waals surface area contributed by atoms with E-state index in [1.807, 2.05) is 56.5 Å². The van der Waals surface area contributed by atoms with E-state index in [0.29, 0.717) is 66.6 Å². The van der Waals surface area contributed by atoms with E-state index in [4.69, 9.17) is 18.9 Å². The Kier molecular flexibility index (Phi) is 14.5. The average Bonchev–Trinajstić information content (AvgIpc) is 3.92. The van der Waals surface area contributed by atoms with Crippen molar-refractivity contribution in [3.63, 3.8) is 0 Å². The summed E-state index contributed by atoms with van der Waals surface area (Å²) in [6.45, 7) is 14.1. The van der Waals surface area contributed by atoms with Crippen LogP contribution in [0.4, 0.5) is 0 Å². The fraction of sp³-hybridized carbons (Fsp3) is 0.434. The molecule has 2 aromatic carbocycles. The predicted octanol–water partition coefficient (Wildman–Crippen LogP) is 7.84. The van der Waals surface area contributed by atoms with Crippen LogP contribution in [0.2, 0.25) is 0 Å². The van der Waals surface area contributed by atoms with Gasteiger partial charge in [0.25, 0.3) is 5.91 Å². The quantitative estimate of drug-likeness (QED) is 0.158. The minimum Gasteiger partial charge on any atom is -0.488 e. The van der Waals surface area contributed by atoms with Crippen LogP contribution in [0.1, 0.15) is 104 Å². The van der Waals surface area contributed by atoms with Gasteiger partial charge in [-0.05, 0) is 95.2 Å². The SMILES string of the molecule is CCn1cc(C(=O)N2C[C@H](C)O[C@@H](C)C2)c(=O)c2cc(OC3Cc4ccccc4C3)cnc21.CCn1cc(C(=O)O)c(=O)c2cc(OC3Cc4ccccc4C3)cnc21.C[C@H]1CCC[C@H](C)O1. The summed E-state index contributed by atoms with van der Waals surface area (Å²) in [5.41, 5.74) is 5.22. The number of rotatable bonds is 8. The van der Waals surface area contributed by atoms with Gasteiger partial charge in [-0.15, -0.1) is 0 Å².